The van der Waals surface area contributed by atoms with Gasteiger partial charge in [0.2, 0.25) is 0 Å². The van der Waals surface area contributed by atoms with E-state index < -0.39 is 47.3 Å². The quantitative estimate of drug-likeness (QED) is 0.765. The lowest BCUT2D eigenvalue weighted by Gasteiger charge is -2.32. The summed E-state index contributed by atoms with van der Waals surface area (Å²) in [5.74, 6) is -2.08. The van der Waals surface area contributed by atoms with Gasteiger partial charge < -0.3 is 10.5 Å². The van der Waals surface area contributed by atoms with Crippen molar-refractivity contribution < 1.29 is 22.7 Å². The van der Waals surface area contributed by atoms with Crippen LogP contribution in [0, 0.1) is 11.7 Å². The number of ether oxygens (including phenoxy) is 1. The summed E-state index contributed by atoms with van der Waals surface area (Å²) >= 11 is 5.74. The predicted octanol–water partition coefficient (Wildman–Crippen LogP) is 2.89. The smallest absolute Gasteiger partial charge is 0.283 e. The lowest BCUT2D eigenvalue weighted by molar-refractivity contribution is 0.0149. The van der Waals surface area contributed by atoms with Crippen molar-refractivity contribution >= 4 is 23.4 Å². The summed E-state index contributed by atoms with van der Waals surface area (Å²) in [4.78, 5) is 24.1. The van der Waals surface area contributed by atoms with Gasteiger partial charge in [-0.3, -0.25) is 14.8 Å². The standard InChI is InChI=1S/C18H14ClF3N4O2/c19-8-1-4-12(24-7-8)13(27)5-9-2-3-11(20)15(25-9)18(16(21)22)10-6-14(10)28-17(23)26-18/h1-4,7,10,14,16H,5-6H2,(H2,23,26)/t10-,14+,18+/m0/s1. The summed E-state index contributed by atoms with van der Waals surface area (Å²) in [5, 5.41) is 0.367. The summed E-state index contributed by atoms with van der Waals surface area (Å²) in [6.07, 6.45) is -2.25. The molecule has 10 heteroatoms. The molecule has 0 bridgehead atoms. The average molecular weight is 411 g/mol. The van der Waals surface area contributed by atoms with Crippen molar-refractivity contribution in [2.75, 3.05) is 0 Å². The molecule has 6 nitrogen and oxygen atoms in total. The number of carbonyl (C=O) groups excluding carboxylic acids is 1. The molecule has 0 unspecified atom stereocenters. The maximum Gasteiger partial charge on any atom is 0.283 e. The van der Waals surface area contributed by atoms with Crippen LogP contribution in [0.4, 0.5) is 13.2 Å². The number of nitrogens with zero attached hydrogens (tertiary/aromatic N) is 3. The van der Waals surface area contributed by atoms with E-state index in [2.05, 4.69) is 15.0 Å². The van der Waals surface area contributed by atoms with Crippen LogP contribution in [0.15, 0.2) is 35.5 Å². The second kappa shape index (κ2) is 6.73. The van der Waals surface area contributed by atoms with Crippen LogP contribution >= 0.6 is 11.6 Å². The average Bonchev–Trinajstić information content (AvgIpc) is 3.42. The fourth-order valence-corrected chi connectivity index (χ4v) is 3.52. The SMILES string of the molecule is NC1=N[C@](c2nc(CC(=O)c3ccc(Cl)cn3)ccc2F)(C(F)F)[C@H]2C[C@H]2O1. The Morgan fingerprint density at radius 2 is 2.14 bits per heavy atom. The molecule has 1 aliphatic heterocycles. The van der Waals surface area contributed by atoms with Crippen LogP contribution in [0.1, 0.15) is 28.3 Å². The summed E-state index contributed by atoms with van der Waals surface area (Å²) in [6.45, 7) is 0. The molecule has 0 spiro atoms. The molecule has 2 aromatic heterocycles. The Kier molecular flexibility index (Phi) is 4.49. The monoisotopic (exact) mass is 410 g/mol. The molecule has 4 rings (SSSR count). The predicted molar refractivity (Wildman–Crippen MR) is 93.8 cm³/mol. The minimum atomic E-state index is -3.05. The Balaban J connectivity index is 1.70. The topological polar surface area (TPSA) is 90.5 Å². The van der Waals surface area contributed by atoms with Gasteiger partial charge in [0.05, 0.1) is 11.4 Å². The van der Waals surface area contributed by atoms with Crippen LogP contribution in [0.25, 0.3) is 0 Å². The highest BCUT2D eigenvalue weighted by Gasteiger charge is 2.65. The van der Waals surface area contributed by atoms with Gasteiger partial charge in [0.15, 0.2) is 11.3 Å². The number of hydrogen-bond donors (Lipinski definition) is 1. The molecule has 1 aliphatic carbocycles. The Morgan fingerprint density at radius 1 is 1.36 bits per heavy atom. The molecule has 1 saturated carbocycles. The number of carbonyl (C=O) groups is 1. The molecule has 0 radical (unpaired) electrons. The van der Waals surface area contributed by atoms with Crippen molar-refractivity contribution in [2.45, 2.75) is 30.9 Å². The number of fused-ring (bicyclic) bond motifs is 1. The maximum absolute atomic E-state index is 14.5. The van der Waals surface area contributed by atoms with E-state index in [1.165, 1.54) is 24.4 Å². The zero-order valence-electron chi connectivity index (χ0n) is 14.3. The lowest BCUT2D eigenvalue weighted by atomic mass is 9.88. The molecule has 28 heavy (non-hydrogen) atoms. The largest absolute Gasteiger partial charge is 0.462 e. The third kappa shape index (κ3) is 3.09. The first-order valence-electron chi connectivity index (χ1n) is 8.42. The molecule has 3 atom stereocenters. The van der Waals surface area contributed by atoms with Crippen LogP contribution < -0.4 is 5.73 Å². The van der Waals surface area contributed by atoms with Crippen molar-refractivity contribution in [3.8, 4) is 0 Å². The highest BCUT2D eigenvalue weighted by atomic mass is 35.5. The number of rotatable bonds is 5. The normalized spacial score (nSPS) is 25.7. The molecular formula is C18H14ClF3N4O2. The van der Waals surface area contributed by atoms with Gasteiger partial charge in [-0.15, -0.1) is 0 Å². The second-order valence-electron chi connectivity index (χ2n) is 6.67. The van der Waals surface area contributed by atoms with Gasteiger partial charge in [0.1, 0.15) is 23.3 Å². The molecule has 146 valence electrons. The highest BCUT2D eigenvalue weighted by molar-refractivity contribution is 6.30. The Bertz CT molecular complexity index is 970. The van der Waals surface area contributed by atoms with Gasteiger partial charge in [0, 0.05) is 17.8 Å². The molecule has 2 N–H and O–H groups in total. The zero-order chi connectivity index (χ0) is 20.1. The van der Waals surface area contributed by atoms with Crippen molar-refractivity contribution in [3.63, 3.8) is 0 Å². The molecule has 3 heterocycles. The minimum absolute atomic E-state index is 0.121. The van der Waals surface area contributed by atoms with E-state index in [0.29, 0.717) is 5.02 Å². The molecule has 2 aromatic rings. The summed E-state index contributed by atoms with van der Waals surface area (Å²) in [6, 6.07) is 4.79. The molecule has 1 fully saturated rings. The number of alkyl halides is 2. The van der Waals surface area contributed by atoms with Crippen LogP contribution in [-0.2, 0) is 16.7 Å². The Morgan fingerprint density at radius 3 is 2.82 bits per heavy atom. The van der Waals surface area contributed by atoms with Gasteiger partial charge in [-0.1, -0.05) is 11.6 Å². The van der Waals surface area contributed by atoms with Gasteiger partial charge in [-0.05, 0) is 30.7 Å². The van der Waals surface area contributed by atoms with E-state index in [4.69, 9.17) is 22.1 Å². The number of nitrogens with two attached hydrogens (primary N) is 1. The van der Waals surface area contributed by atoms with E-state index in [0.717, 1.165) is 6.07 Å². The molecule has 2 aliphatic rings. The number of hydrogen-bond acceptors (Lipinski definition) is 6. The third-order valence-corrected chi connectivity index (χ3v) is 5.06. The number of Topliss-reactive ketones (excluding diaryl/α,β-unsaturated/α-hetero) is 1. The zero-order valence-corrected chi connectivity index (χ0v) is 15.0. The van der Waals surface area contributed by atoms with Crippen LogP contribution in [0.5, 0.6) is 0 Å². The number of aromatic nitrogens is 2. The summed E-state index contributed by atoms with van der Waals surface area (Å²) < 4.78 is 47.8. The van der Waals surface area contributed by atoms with Gasteiger partial charge in [-0.2, -0.15) is 0 Å². The van der Waals surface area contributed by atoms with E-state index in [9.17, 15) is 18.0 Å². The number of pyridine rings is 2. The first kappa shape index (κ1) is 18.7. The van der Waals surface area contributed by atoms with Crippen molar-refractivity contribution in [3.05, 3.63) is 58.4 Å². The fourth-order valence-electron chi connectivity index (χ4n) is 3.41. The van der Waals surface area contributed by atoms with E-state index in [-0.39, 0.29) is 24.2 Å². The van der Waals surface area contributed by atoms with Crippen molar-refractivity contribution in [1.82, 2.24) is 9.97 Å². The number of aliphatic imine (C=N–C) groups is 1. The Hall–Kier alpha value is -2.68. The van der Waals surface area contributed by atoms with Crippen molar-refractivity contribution in [2.24, 2.45) is 16.6 Å². The first-order valence-corrected chi connectivity index (χ1v) is 8.80. The van der Waals surface area contributed by atoms with Gasteiger partial charge in [0.25, 0.3) is 12.4 Å². The second-order valence-corrected chi connectivity index (χ2v) is 7.11. The number of ketones is 1. The first-order chi connectivity index (χ1) is 13.3. The van der Waals surface area contributed by atoms with Gasteiger partial charge >= 0.3 is 0 Å². The lowest BCUT2D eigenvalue weighted by Crippen LogP contribution is -2.44. The molecule has 0 amide bonds. The summed E-state index contributed by atoms with van der Waals surface area (Å²) in [7, 11) is 0. The van der Waals surface area contributed by atoms with Crippen LogP contribution in [0.2, 0.25) is 5.02 Å². The third-order valence-electron chi connectivity index (χ3n) is 4.83. The molecule has 0 saturated heterocycles. The fraction of sp³-hybridized carbons (Fsp3) is 0.333. The highest BCUT2D eigenvalue weighted by Crippen LogP contribution is 2.55. The molecular weight excluding hydrogens is 397 g/mol. The van der Waals surface area contributed by atoms with Crippen LogP contribution in [0.3, 0.4) is 0 Å². The van der Waals surface area contributed by atoms with E-state index in [1.807, 2.05) is 0 Å². The van der Waals surface area contributed by atoms with Crippen LogP contribution in [-0.4, -0.2) is 34.3 Å². The minimum Gasteiger partial charge on any atom is -0.462 e. The van der Waals surface area contributed by atoms with Gasteiger partial charge in [-0.25, -0.2) is 18.2 Å². The van der Waals surface area contributed by atoms with E-state index in [1.54, 1.807) is 0 Å². The van der Waals surface area contributed by atoms with Crippen molar-refractivity contribution in [1.29, 1.82) is 0 Å². The molecule has 0 aromatic carbocycles. The Labute approximate surface area is 162 Å². The maximum atomic E-state index is 14.5. The number of halogens is 4. The van der Waals surface area contributed by atoms with E-state index >= 15 is 0 Å². The number of amidine groups is 1. The summed E-state index contributed by atoms with van der Waals surface area (Å²) in [5.41, 5.74) is 3.03.